The van der Waals surface area contributed by atoms with Crippen molar-refractivity contribution in [1.82, 2.24) is 15.6 Å². The molecule has 0 bridgehead atoms. The van der Waals surface area contributed by atoms with Crippen molar-refractivity contribution in [2.45, 2.75) is 69.4 Å². The molecule has 2 heterocycles. The van der Waals surface area contributed by atoms with Gasteiger partial charge in [0.2, 0.25) is 11.8 Å². The lowest BCUT2D eigenvalue weighted by Crippen LogP contribution is -2.50. The largest absolute Gasteiger partial charge is 0.463 e. The van der Waals surface area contributed by atoms with E-state index in [0.29, 0.717) is 25.7 Å². The molecule has 0 saturated heterocycles. The number of aliphatic hydroxyl groups is 1. The molecule has 8 heteroatoms. The van der Waals surface area contributed by atoms with Gasteiger partial charge in [-0.2, -0.15) is 0 Å². The van der Waals surface area contributed by atoms with Gasteiger partial charge in [-0.05, 0) is 55.7 Å². The molecule has 1 aliphatic carbocycles. The second-order valence-electron chi connectivity index (χ2n) is 11.8. The van der Waals surface area contributed by atoms with E-state index in [-0.39, 0.29) is 43.3 Å². The van der Waals surface area contributed by atoms with Crippen LogP contribution in [0.25, 0.3) is 10.9 Å². The van der Waals surface area contributed by atoms with Gasteiger partial charge in [0, 0.05) is 23.5 Å². The first kappa shape index (κ1) is 29.6. The number of carbonyl (C=O) groups is 3. The number of para-hydroxylation sites is 1. The SMILES string of the molecule is O=C(C[C@H]1CC=CC[C@H](Cc2ccccc2)C(=O)OC[C@H](Cc2c[nH]c3ccccc23)NC1=O)NC1(CO)CCCC1. The van der Waals surface area contributed by atoms with Crippen LogP contribution in [0.3, 0.4) is 0 Å². The smallest absolute Gasteiger partial charge is 0.309 e. The number of fused-ring (bicyclic) bond motifs is 1. The molecule has 0 unspecified atom stereocenters. The number of nitrogens with one attached hydrogen (secondary N) is 3. The van der Waals surface area contributed by atoms with Crippen molar-refractivity contribution in [3.8, 4) is 0 Å². The number of ether oxygens (including phenoxy) is 1. The van der Waals surface area contributed by atoms with Gasteiger partial charge in [-0.15, -0.1) is 0 Å². The van der Waals surface area contributed by atoms with E-state index in [4.69, 9.17) is 4.74 Å². The molecule has 0 radical (unpaired) electrons. The fraction of sp³-hybridized carbons (Fsp3) is 0.441. The van der Waals surface area contributed by atoms with E-state index < -0.39 is 17.5 Å². The quantitative estimate of drug-likeness (QED) is 0.236. The van der Waals surface area contributed by atoms with Crippen molar-refractivity contribution in [1.29, 1.82) is 0 Å². The molecule has 0 spiro atoms. The Labute approximate surface area is 246 Å². The molecule has 3 aromatic rings. The number of carbonyl (C=O) groups excluding carboxylic acids is 3. The molecule has 1 fully saturated rings. The van der Waals surface area contributed by atoms with Crippen LogP contribution in [0.2, 0.25) is 0 Å². The number of H-pyrrole nitrogens is 1. The number of aromatic nitrogens is 1. The maximum Gasteiger partial charge on any atom is 0.309 e. The first-order chi connectivity index (χ1) is 20.4. The number of amides is 2. The highest BCUT2D eigenvalue weighted by atomic mass is 16.5. The molecular formula is C34H41N3O5. The van der Waals surface area contributed by atoms with Gasteiger partial charge in [0.25, 0.3) is 0 Å². The summed E-state index contributed by atoms with van der Waals surface area (Å²) >= 11 is 0. The molecule has 222 valence electrons. The van der Waals surface area contributed by atoms with Gasteiger partial charge in [0.1, 0.15) is 6.61 Å². The van der Waals surface area contributed by atoms with Crippen molar-refractivity contribution in [3.05, 3.63) is 84.1 Å². The van der Waals surface area contributed by atoms with E-state index in [2.05, 4.69) is 15.6 Å². The Hall–Kier alpha value is -3.91. The second kappa shape index (κ2) is 13.8. The minimum atomic E-state index is -0.592. The van der Waals surface area contributed by atoms with Crippen LogP contribution >= 0.6 is 0 Å². The Morgan fingerprint density at radius 3 is 2.43 bits per heavy atom. The Bertz CT molecular complexity index is 1390. The van der Waals surface area contributed by atoms with Gasteiger partial charge in [0.05, 0.1) is 30.0 Å². The topological polar surface area (TPSA) is 121 Å². The first-order valence-corrected chi connectivity index (χ1v) is 15.1. The number of rotatable bonds is 8. The van der Waals surface area contributed by atoms with Gasteiger partial charge in [-0.1, -0.05) is 73.5 Å². The molecule has 1 saturated carbocycles. The fourth-order valence-corrected chi connectivity index (χ4v) is 6.25. The lowest BCUT2D eigenvalue weighted by molar-refractivity contribution is -0.150. The maximum atomic E-state index is 13.6. The number of aromatic amines is 1. The molecule has 3 atom stereocenters. The third-order valence-electron chi connectivity index (χ3n) is 8.65. The molecule has 2 amide bonds. The highest BCUT2D eigenvalue weighted by Gasteiger charge is 2.36. The molecule has 8 nitrogen and oxygen atoms in total. The molecule has 1 aromatic heterocycles. The van der Waals surface area contributed by atoms with E-state index in [1.807, 2.05) is 72.9 Å². The van der Waals surface area contributed by atoms with Crippen LogP contribution in [0.5, 0.6) is 0 Å². The Kier molecular flexibility index (Phi) is 9.74. The van der Waals surface area contributed by atoms with Crippen LogP contribution in [0, 0.1) is 11.8 Å². The van der Waals surface area contributed by atoms with Gasteiger partial charge >= 0.3 is 5.97 Å². The molecule has 1 aliphatic heterocycles. The third kappa shape index (κ3) is 7.48. The predicted octanol–water partition coefficient (Wildman–Crippen LogP) is 4.37. The average molecular weight is 572 g/mol. The number of esters is 1. The summed E-state index contributed by atoms with van der Waals surface area (Å²) in [4.78, 5) is 43.3. The van der Waals surface area contributed by atoms with E-state index in [9.17, 15) is 19.5 Å². The van der Waals surface area contributed by atoms with Crippen LogP contribution in [-0.2, 0) is 32.0 Å². The zero-order valence-corrected chi connectivity index (χ0v) is 24.0. The van der Waals surface area contributed by atoms with Crippen molar-refractivity contribution in [2.24, 2.45) is 11.8 Å². The van der Waals surface area contributed by atoms with Gasteiger partial charge < -0.3 is 25.5 Å². The van der Waals surface area contributed by atoms with Crippen LogP contribution in [-0.4, -0.2) is 52.7 Å². The predicted molar refractivity (Wildman–Crippen MR) is 161 cm³/mol. The van der Waals surface area contributed by atoms with Crippen LogP contribution in [0.1, 0.15) is 56.1 Å². The summed E-state index contributed by atoms with van der Waals surface area (Å²) in [5.74, 6) is -1.72. The zero-order chi connectivity index (χ0) is 29.4. The highest BCUT2D eigenvalue weighted by Crippen LogP contribution is 2.29. The zero-order valence-electron chi connectivity index (χ0n) is 24.0. The number of hydrogen-bond donors (Lipinski definition) is 4. The molecule has 42 heavy (non-hydrogen) atoms. The van der Waals surface area contributed by atoms with Crippen LogP contribution in [0.15, 0.2) is 72.9 Å². The minimum absolute atomic E-state index is 0.0188. The van der Waals surface area contributed by atoms with E-state index in [1.54, 1.807) is 0 Å². The summed E-state index contributed by atoms with van der Waals surface area (Å²) in [6, 6.07) is 17.4. The van der Waals surface area contributed by atoms with Crippen molar-refractivity contribution < 1.29 is 24.2 Å². The lowest BCUT2D eigenvalue weighted by Gasteiger charge is -2.29. The van der Waals surface area contributed by atoms with E-state index >= 15 is 0 Å². The summed E-state index contributed by atoms with van der Waals surface area (Å²) in [6.45, 7) is -0.0675. The summed E-state index contributed by atoms with van der Waals surface area (Å²) < 4.78 is 5.85. The Morgan fingerprint density at radius 1 is 0.952 bits per heavy atom. The number of cyclic esters (lactones) is 1. The van der Waals surface area contributed by atoms with E-state index in [0.717, 1.165) is 47.7 Å². The summed E-state index contributed by atoms with van der Waals surface area (Å²) in [7, 11) is 0. The fourth-order valence-electron chi connectivity index (χ4n) is 6.25. The number of allylic oxidation sites excluding steroid dienone is 2. The molecule has 2 aromatic carbocycles. The van der Waals surface area contributed by atoms with E-state index in [1.165, 1.54) is 0 Å². The third-order valence-corrected chi connectivity index (χ3v) is 8.65. The number of aliphatic hydroxyl groups excluding tert-OH is 1. The van der Waals surface area contributed by atoms with Crippen molar-refractivity contribution in [2.75, 3.05) is 13.2 Å². The summed E-state index contributed by atoms with van der Waals surface area (Å²) in [6.07, 6.45) is 11.1. The average Bonchev–Trinajstić information content (AvgIpc) is 3.64. The highest BCUT2D eigenvalue weighted by molar-refractivity contribution is 5.87. The van der Waals surface area contributed by atoms with Gasteiger partial charge in [-0.3, -0.25) is 14.4 Å². The normalized spacial score (nSPS) is 23.0. The summed E-state index contributed by atoms with van der Waals surface area (Å²) in [5.41, 5.74) is 2.48. The summed E-state index contributed by atoms with van der Waals surface area (Å²) in [5, 5.41) is 17.2. The first-order valence-electron chi connectivity index (χ1n) is 15.1. The van der Waals surface area contributed by atoms with Crippen LogP contribution < -0.4 is 10.6 Å². The van der Waals surface area contributed by atoms with Crippen molar-refractivity contribution >= 4 is 28.7 Å². The minimum Gasteiger partial charge on any atom is -0.463 e. The van der Waals surface area contributed by atoms with Crippen molar-refractivity contribution in [3.63, 3.8) is 0 Å². The standard InChI is InChI=1S/C34H41N3O5/c38-23-34(16-8-9-17-34)37-31(39)20-25-12-4-5-13-26(18-24-10-2-1-3-11-24)33(41)42-22-28(36-32(25)40)19-27-21-35-30-15-7-6-14-29(27)30/h1-7,10-11,14-15,21,25-26,28,35,38H,8-9,12-13,16-20,22-23H2,(H,36,40)(H,37,39)/t25-,26-,28+/m1/s1. The number of benzene rings is 2. The second-order valence-corrected chi connectivity index (χ2v) is 11.8. The monoisotopic (exact) mass is 571 g/mol. The molecule has 4 N–H and O–H groups in total. The Morgan fingerprint density at radius 2 is 1.67 bits per heavy atom. The molecule has 2 aliphatic rings. The van der Waals surface area contributed by atoms with Crippen LogP contribution in [0.4, 0.5) is 0 Å². The van der Waals surface area contributed by atoms with Gasteiger partial charge in [0.15, 0.2) is 0 Å². The maximum absolute atomic E-state index is 13.6. The van der Waals surface area contributed by atoms with Gasteiger partial charge in [-0.25, -0.2) is 0 Å². The molecular weight excluding hydrogens is 530 g/mol. The molecule has 5 rings (SSSR count). The lowest BCUT2D eigenvalue weighted by atomic mass is 9.93. The Balaban J connectivity index is 1.35. The number of hydrogen-bond acceptors (Lipinski definition) is 5.